The Bertz CT molecular complexity index is 1220. The minimum atomic E-state index is -4.53. The van der Waals surface area contributed by atoms with Crippen molar-refractivity contribution in [3.8, 4) is 0 Å². The minimum absolute atomic E-state index is 0.0414. The average molecular weight is 518 g/mol. The number of rotatable bonds is 5. The van der Waals surface area contributed by atoms with Gasteiger partial charge in [0.05, 0.1) is 11.1 Å². The Hall–Kier alpha value is -3.81. The molecule has 2 nitrogen and oxygen atoms in total. The van der Waals surface area contributed by atoms with Crippen LogP contribution in [0.2, 0.25) is 0 Å². The van der Waals surface area contributed by atoms with Gasteiger partial charge in [-0.25, -0.2) is 0 Å². The number of amides is 1. The largest absolute Gasteiger partial charge is 0.416 e. The second-order valence-electron chi connectivity index (χ2n) is 9.41. The maximum absolute atomic E-state index is 13.0. The fourth-order valence-corrected chi connectivity index (χ4v) is 3.51. The maximum Gasteiger partial charge on any atom is 0.416 e. The number of alkyl halides is 6. The molecule has 3 aromatic carbocycles. The molecular formula is C29H25F6NO. The summed E-state index contributed by atoms with van der Waals surface area (Å²) in [5.41, 5.74) is 0.970. The number of benzene rings is 3. The number of carbonyl (C=O) groups excluding carboxylic acids is 1. The summed E-state index contributed by atoms with van der Waals surface area (Å²) in [6, 6.07) is 15.9. The summed E-state index contributed by atoms with van der Waals surface area (Å²) in [6.45, 7) is 6.21. The van der Waals surface area contributed by atoms with E-state index in [2.05, 4.69) is 26.1 Å². The predicted octanol–water partition coefficient (Wildman–Crippen LogP) is 8.65. The van der Waals surface area contributed by atoms with Gasteiger partial charge >= 0.3 is 12.4 Å². The predicted molar refractivity (Wildman–Crippen MR) is 133 cm³/mol. The van der Waals surface area contributed by atoms with Crippen LogP contribution in [-0.2, 0) is 22.6 Å². The third-order valence-corrected chi connectivity index (χ3v) is 5.58. The Balaban J connectivity index is 1.87. The first kappa shape index (κ1) is 27.8. The standard InChI is InChI=1S/C29H25F6NO/c1-27(2,3)21-15-17-24(18-16-21)36-26(37)6-4-5-25(19-7-11-22(12-8-19)28(30,31)32)20-9-13-23(14-10-20)29(33,34)35/h4-18H,1-3H3,(H,36,37). The highest BCUT2D eigenvalue weighted by Gasteiger charge is 2.31. The quantitative estimate of drug-likeness (QED) is 0.205. The summed E-state index contributed by atoms with van der Waals surface area (Å²) in [5, 5.41) is 2.72. The van der Waals surface area contributed by atoms with Crippen molar-refractivity contribution in [2.75, 3.05) is 5.32 Å². The Morgan fingerprint density at radius 3 is 1.43 bits per heavy atom. The van der Waals surface area contributed by atoms with Crippen LogP contribution in [0.25, 0.3) is 5.57 Å². The average Bonchev–Trinajstić information content (AvgIpc) is 2.81. The van der Waals surface area contributed by atoms with Crippen LogP contribution in [0.4, 0.5) is 32.0 Å². The lowest BCUT2D eigenvalue weighted by Crippen LogP contribution is -2.12. The zero-order chi connectivity index (χ0) is 27.4. The Morgan fingerprint density at radius 2 is 1.05 bits per heavy atom. The molecule has 0 unspecified atom stereocenters. The van der Waals surface area contributed by atoms with Gasteiger partial charge in [0.2, 0.25) is 5.91 Å². The highest BCUT2D eigenvalue weighted by atomic mass is 19.4. The highest BCUT2D eigenvalue weighted by Crippen LogP contribution is 2.33. The van der Waals surface area contributed by atoms with Crippen molar-refractivity contribution in [3.63, 3.8) is 0 Å². The smallest absolute Gasteiger partial charge is 0.323 e. The van der Waals surface area contributed by atoms with Gasteiger partial charge in [0.25, 0.3) is 0 Å². The van der Waals surface area contributed by atoms with Gasteiger partial charge < -0.3 is 5.32 Å². The molecule has 194 valence electrons. The normalized spacial score (nSPS) is 12.5. The minimum Gasteiger partial charge on any atom is -0.323 e. The van der Waals surface area contributed by atoms with E-state index in [4.69, 9.17) is 0 Å². The summed E-state index contributed by atoms with van der Waals surface area (Å²) in [4.78, 5) is 12.4. The summed E-state index contributed by atoms with van der Waals surface area (Å²) >= 11 is 0. The molecule has 0 saturated carbocycles. The van der Waals surface area contributed by atoms with E-state index in [1.165, 1.54) is 42.5 Å². The van der Waals surface area contributed by atoms with Gasteiger partial charge in [-0.05, 0) is 64.1 Å². The third kappa shape index (κ3) is 7.59. The lowest BCUT2D eigenvalue weighted by molar-refractivity contribution is -0.138. The van der Waals surface area contributed by atoms with Gasteiger partial charge in [-0.2, -0.15) is 26.3 Å². The van der Waals surface area contributed by atoms with Crippen LogP contribution in [0.5, 0.6) is 0 Å². The van der Waals surface area contributed by atoms with Crippen molar-refractivity contribution in [2.24, 2.45) is 0 Å². The summed E-state index contributed by atoms with van der Waals surface area (Å²) in [5.74, 6) is -0.445. The molecule has 3 aromatic rings. The Kier molecular flexibility index (Phi) is 8.00. The van der Waals surface area contributed by atoms with Crippen LogP contribution in [0.1, 0.15) is 48.6 Å². The number of allylic oxidation sites excluding steroid dienone is 2. The molecule has 1 N–H and O–H groups in total. The molecule has 0 radical (unpaired) electrons. The first-order valence-corrected chi connectivity index (χ1v) is 11.3. The Morgan fingerprint density at radius 1 is 0.649 bits per heavy atom. The first-order chi connectivity index (χ1) is 17.1. The molecule has 0 bridgehead atoms. The van der Waals surface area contributed by atoms with Gasteiger partial charge in [-0.15, -0.1) is 0 Å². The Labute approximate surface area is 211 Å². The summed E-state index contributed by atoms with van der Waals surface area (Å²) in [7, 11) is 0. The summed E-state index contributed by atoms with van der Waals surface area (Å²) in [6.07, 6.45) is -4.97. The monoisotopic (exact) mass is 517 g/mol. The van der Waals surface area contributed by atoms with Gasteiger partial charge in [-0.3, -0.25) is 4.79 Å². The molecule has 0 aliphatic rings. The fraction of sp³-hybridized carbons (Fsp3) is 0.207. The number of halogens is 6. The number of hydrogen-bond acceptors (Lipinski definition) is 1. The van der Waals surface area contributed by atoms with Gasteiger partial charge in [0, 0.05) is 11.8 Å². The number of carbonyl (C=O) groups is 1. The van der Waals surface area contributed by atoms with Crippen molar-refractivity contribution < 1.29 is 31.1 Å². The fourth-order valence-electron chi connectivity index (χ4n) is 3.51. The van der Waals surface area contributed by atoms with Crippen LogP contribution in [0, 0.1) is 0 Å². The molecule has 0 fully saturated rings. The van der Waals surface area contributed by atoms with Crippen LogP contribution in [0.3, 0.4) is 0 Å². The molecule has 1 amide bonds. The highest BCUT2D eigenvalue weighted by molar-refractivity contribution is 5.99. The lowest BCUT2D eigenvalue weighted by atomic mass is 9.87. The van der Waals surface area contributed by atoms with Crippen molar-refractivity contribution in [2.45, 2.75) is 38.5 Å². The van der Waals surface area contributed by atoms with Gasteiger partial charge in [0.1, 0.15) is 0 Å². The molecule has 0 aliphatic heterocycles. The van der Waals surface area contributed by atoms with Crippen molar-refractivity contribution in [1.29, 1.82) is 0 Å². The lowest BCUT2D eigenvalue weighted by Gasteiger charge is -2.19. The SMILES string of the molecule is CC(C)(C)c1ccc(NC(=O)C=CC=C(c2ccc(C(F)(F)F)cc2)c2ccc(C(F)(F)F)cc2)cc1. The molecule has 0 aliphatic carbocycles. The molecule has 0 atom stereocenters. The van der Waals surface area contributed by atoms with Crippen LogP contribution in [-0.4, -0.2) is 5.91 Å². The van der Waals surface area contributed by atoms with E-state index in [-0.39, 0.29) is 5.41 Å². The molecule has 0 saturated heterocycles. The van der Waals surface area contributed by atoms with E-state index in [1.807, 2.05) is 12.1 Å². The molecular weight excluding hydrogens is 492 g/mol. The number of anilines is 1. The number of hydrogen-bond donors (Lipinski definition) is 1. The van der Waals surface area contributed by atoms with E-state index < -0.39 is 29.4 Å². The van der Waals surface area contributed by atoms with E-state index in [0.29, 0.717) is 22.4 Å². The number of nitrogens with one attached hydrogen (secondary N) is 1. The zero-order valence-electron chi connectivity index (χ0n) is 20.3. The second-order valence-corrected chi connectivity index (χ2v) is 9.41. The van der Waals surface area contributed by atoms with Gasteiger partial charge in [-0.1, -0.05) is 69.3 Å². The van der Waals surface area contributed by atoms with E-state index in [9.17, 15) is 31.1 Å². The second kappa shape index (κ2) is 10.7. The molecule has 0 spiro atoms. The van der Waals surface area contributed by atoms with E-state index >= 15 is 0 Å². The van der Waals surface area contributed by atoms with Crippen LogP contribution in [0.15, 0.2) is 91.0 Å². The van der Waals surface area contributed by atoms with Crippen molar-refractivity contribution in [1.82, 2.24) is 0 Å². The van der Waals surface area contributed by atoms with E-state index in [0.717, 1.165) is 29.8 Å². The molecule has 0 heterocycles. The van der Waals surface area contributed by atoms with Crippen LogP contribution < -0.4 is 5.32 Å². The van der Waals surface area contributed by atoms with Crippen molar-refractivity contribution >= 4 is 17.2 Å². The van der Waals surface area contributed by atoms with Crippen molar-refractivity contribution in [3.05, 3.63) is 119 Å². The third-order valence-electron chi connectivity index (χ3n) is 5.58. The van der Waals surface area contributed by atoms with Gasteiger partial charge in [0.15, 0.2) is 0 Å². The molecule has 0 aromatic heterocycles. The first-order valence-electron chi connectivity index (χ1n) is 11.3. The molecule has 8 heteroatoms. The topological polar surface area (TPSA) is 29.1 Å². The maximum atomic E-state index is 13.0. The summed E-state index contributed by atoms with van der Waals surface area (Å²) < 4.78 is 77.8. The molecule has 3 rings (SSSR count). The van der Waals surface area contributed by atoms with E-state index in [1.54, 1.807) is 12.1 Å². The molecule has 37 heavy (non-hydrogen) atoms. The van der Waals surface area contributed by atoms with Crippen LogP contribution >= 0.6 is 0 Å². The zero-order valence-corrected chi connectivity index (χ0v) is 20.3.